The minimum absolute atomic E-state index is 0. The number of hydrogen-bond acceptors (Lipinski definition) is 3. The van der Waals surface area contributed by atoms with Crippen LogP contribution in [0.4, 0.5) is 0 Å². The molecule has 6 aromatic rings. The van der Waals surface area contributed by atoms with Crippen LogP contribution in [0, 0.1) is 18.2 Å². The largest absolute Gasteiger partial charge is 3.00 e. The van der Waals surface area contributed by atoms with E-state index in [1.165, 1.54) is 0 Å². The van der Waals surface area contributed by atoms with E-state index in [-0.39, 0.29) is 20.1 Å². The van der Waals surface area contributed by atoms with Crippen LogP contribution in [0.5, 0.6) is 0 Å². The molecule has 0 saturated heterocycles. The Labute approximate surface area is 230 Å². The summed E-state index contributed by atoms with van der Waals surface area (Å²) in [5.74, 6) is 1.82. The fourth-order valence-electron chi connectivity index (χ4n) is 3.82. The van der Waals surface area contributed by atoms with E-state index < -0.39 is 0 Å². The van der Waals surface area contributed by atoms with Gasteiger partial charge in [-0.15, -0.1) is 96.1 Å². The topological polar surface area (TPSA) is 48.5 Å². The van der Waals surface area contributed by atoms with Crippen molar-refractivity contribution in [2.24, 2.45) is 14.1 Å². The molecular formula is C31H24IrN5. The third-order valence-electron chi connectivity index (χ3n) is 5.64. The SMILES string of the molecule is Cn1ccnc1-c1[c-]c(-c2nccn2C)ccc1.[Ir+3].[c-]1ccccc1-c1cccc(-c2[c-]cccc2)n1. The standard InChI is InChI=1S/C17H11N.C14H13N4.Ir/c1-3-8-14(9-4-1)16-12-7-13-17(18-16)15-10-5-2-6-11-15;1-17-8-6-15-13(17)11-4-3-5-12(10-11)14-16-7-9-18(14)2;/h1-8,10,12-13H;3-9H,1-2H3;/q-2;-1;+3. The summed E-state index contributed by atoms with van der Waals surface area (Å²) >= 11 is 0. The van der Waals surface area contributed by atoms with Gasteiger partial charge in [0.2, 0.25) is 0 Å². The van der Waals surface area contributed by atoms with Crippen LogP contribution in [0.1, 0.15) is 0 Å². The average molecular weight is 659 g/mol. The molecule has 0 spiro atoms. The van der Waals surface area contributed by atoms with Gasteiger partial charge in [0.05, 0.1) is 11.6 Å². The summed E-state index contributed by atoms with van der Waals surface area (Å²) in [6, 6.07) is 37.5. The van der Waals surface area contributed by atoms with E-state index in [0.717, 1.165) is 45.3 Å². The molecule has 0 atom stereocenters. The quantitative estimate of drug-likeness (QED) is 0.209. The first kappa shape index (κ1) is 26.0. The van der Waals surface area contributed by atoms with Crippen molar-refractivity contribution >= 4 is 0 Å². The maximum atomic E-state index is 4.65. The predicted molar refractivity (Wildman–Crippen MR) is 142 cm³/mol. The van der Waals surface area contributed by atoms with Crippen LogP contribution >= 0.6 is 0 Å². The molecule has 0 aliphatic heterocycles. The van der Waals surface area contributed by atoms with Gasteiger partial charge in [0, 0.05) is 38.9 Å². The third kappa shape index (κ3) is 6.18. The second kappa shape index (κ2) is 12.2. The molecule has 182 valence electrons. The van der Waals surface area contributed by atoms with Gasteiger partial charge in [-0.2, -0.15) is 0 Å². The van der Waals surface area contributed by atoms with Crippen molar-refractivity contribution in [3.63, 3.8) is 0 Å². The summed E-state index contributed by atoms with van der Waals surface area (Å²) in [7, 11) is 3.95. The van der Waals surface area contributed by atoms with E-state index in [4.69, 9.17) is 0 Å². The number of benzene rings is 3. The van der Waals surface area contributed by atoms with E-state index in [0.29, 0.717) is 0 Å². The van der Waals surface area contributed by atoms with Gasteiger partial charge in [-0.05, 0) is 11.4 Å². The summed E-state index contributed by atoms with van der Waals surface area (Å²) in [5, 5.41) is 0. The van der Waals surface area contributed by atoms with Crippen LogP contribution in [-0.2, 0) is 34.2 Å². The van der Waals surface area contributed by atoms with Crippen molar-refractivity contribution in [3.8, 4) is 45.3 Å². The average Bonchev–Trinajstić information content (AvgIpc) is 3.58. The Morgan fingerprint density at radius 3 is 1.43 bits per heavy atom. The Morgan fingerprint density at radius 2 is 1.03 bits per heavy atom. The van der Waals surface area contributed by atoms with Crippen molar-refractivity contribution in [1.29, 1.82) is 0 Å². The Hall–Kier alpha value is -4.12. The number of rotatable bonds is 4. The van der Waals surface area contributed by atoms with Crippen LogP contribution in [-0.4, -0.2) is 24.1 Å². The van der Waals surface area contributed by atoms with E-state index in [1.54, 1.807) is 12.4 Å². The number of pyridine rings is 1. The minimum atomic E-state index is 0. The van der Waals surface area contributed by atoms with Gasteiger partial charge in [0.25, 0.3) is 0 Å². The Kier molecular flexibility index (Phi) is 8.57. The molecule has 0 amide bonds. The summed E-state index contributed by atoms with van der Waals surface area (Å²) in [5.41, 5.74) is 5.84. The minimum Gasteiger partial charge on any atom is -0.365 e. The maximum Gasteiger partial charge on any atom is 3.00 e. The molecule has 3 aromatic heterocycles. The summed E-state index contributed by atoms with van der Waals surface area (Å²) in [6.07, 6.45) is 7.43. The molecule has 0 N–H and O–H groups in total. The molecule has 6 rings (SSSR count). The van der Waals surface area contributed by atoms with E-state index in [2.05, 4.69) is 33.2 Å². The normalized spacial score (nSPS) is 10.2. The summed E-state index contributed by atoms with van der Waals surface area (Å²) < 4.78 is 3.96. The number of hydrogen-bond donors (Lipinski definition) is 0. The van der Waals surface area contributed by atoms with Gasteiger partial charge >= 0.3 is 20.1 Å². The molecule has 0 unspecified atom stereocenters. The molecule has 0 aliphatic carbocycles. The molecule has 0 bridgehead atoms. The van der Waals surface area contributed by atoms with E-state index >= 15 is 0 Å². The Balaban J connectivity index is 0.000000168. The smallest absolute Gasteiger partial charge is 0.365 e. The Morgan fingerprint density at radius 1 is 0.568 bits per heavy atom. The molecule has 6 heteroatoms. The monoisotopic (exact) mass is 659 g/mol. The van der Waals surface area contributed by atoms with E-state index in [1.807, 2.05) is 121 Å². The van der Waals surface area contributed by atoms with Crippen LogP contribution in [0.25, 0.3) is 45.3 Å². The Bertz CT molecular complexity index is 1440. The fraction of sp³-hybridized carbons (Fsp3) is 0.0645. The molecule has 3 aromatic carbocycles. The van der Waals surface area contributed by atoms with Crippen molar-refractivity contribution < 1.29 is 20.1 Å². The first-order valence-corrected chi connectivity index (χ1v) is 11.6. The van der Waals surface area contributed by atoms with Gasteiger partial charge in [-0.3, -0.25) is 9.97 Å². The molecule has 5 nitrogen and oxygen atoms in total. The first-order chi connectivity index (χ1) is 17.7. The molecule has 0 fully saturated rings. The van der Waals surface area contributed by atoms with Gasteiger partial charge in [-0.25, -0.2) is 0 Å². The second-order valence-corrected chi connectivity index (χ2v) is 8.16. The van der Waals surface area contributed by atoms with Crippen LogP contribution in [0.15, 0.2) is 110 Å². The predicted octanol–water partition coefficient (Wildman–Crippen LogP) is 6.30. The number of nitrogens with zero attached hydrogens (tertiary/aromatic N) is 5. The molecule has 0 radical (unpaired) electrons. The van der Waals surface area contributed by atoms with Gasteiger partial charge in [0.15, 0.2) is 0 Å². The third-order valence-corrected chi connectivity index (χ3v) is 5.64. The van der Waals surface area contributed by atoms with Crippen molar-refractivity contribution in [3.05, 3.63) is 128 Å². The number of imidazole rings is 2. The van der Waals surface area contributed by atoms with Crippen LogP contribution in [0.2, 0.25) is 0 Å². The molecule has 3 heterocycles. The van der Waals surface area contributed by atoms with Crippen LogP contribution < -0.4 is 0 Å². The zero-order valence-corrected chi connectivity index (χ0v) is 22.9. The van der Waals surface area contributed by atoms with Crippen LogP contribution in [0.3, 0.4) is 0 Å². The van der Waals surface area contributed by atoms with E-state index in [9.17, 15) is 0 Å². The second-order valence-electron chi connectivity index (χ2n) is 8.16. The zero-order valence-electron chi connectivity index (χ0n) is 20.5. The molecule has 0 aliphatic rings. The summed E-state index contributed by atoms with van der Waals surface area (Å²) in [4.78, 5) is 13.3. The summed E-state index contributed by atoms with van der Waals surface area (Å²) in [6.45, 7) is 0. The molecular weight excluding hydrogens is 635 g/mol. The molecule has 37 heavy (non-hydrogen) atoms. The van der Waals surface area contributed by atoms with Crippen molar-refractivity contribution in [2.45, 2.75) is 0 Å². The fourth-order valence-corrected chi connectivity index (χ4v) is 3.82. The van der Waals surface area contributed by atoms with Gasteiger partial charge in [-0.1, -0.05) is 29.3 Å². The maximum absolute atomic E-state index is 4.65. The number of aryl methyl sites for hydroxylation is 2. The van der Waals surface area contributed by atoms with Gasteiger partial charge < -0.3 is 14.1 Å². The number of aromatic nitrogens is 5. The zero-order chi connectivity index (χ0) is 24.7. The van der Waals surface area contributed by atoms with Crippen molar-refractivity contribution in [2.75, 3.05) is 0 Å². The molecule has 0 saturated carbocycles. The van der Waals surface area contributed by atoms with Gasteiger partial charge in [0.1, 0.15) is 0 Å². The first-order valence-electron chi connectivity index (χ1n) is 11.6. The van der Waals surface area contributed by atoms with Crippen molar-refractivity contribution in [1.82, 2.24) is 24.1 Å².